The van der Waals surface area contributed by atoms with E-state index in [4.69, 9.17) is 15.2 Å². The van der Waals surface area contributed by atoms with Crippen LogP contribution in [-0.2, 0) is 6.42 Å². The third-order valence-corrected chi connectivity index (χ3v) is 2.04. The summed E-state index contributed by atoms with van der Waals surface area (Å²) in [5, 5.41) is 26.6. The molecule has 0 radical (unpaired) electrons. The molecule has 0 fully saturated rings. The third kappa shape index (κ3) is 2.13. The summed E-state index contributed by atoms with van der Waals surface area (Å²) >= 11 is 0. The first-order valence-corrected chi connectivity index (χ1v) is 4.28. The zero-order valence-electron chi connectivity index (χ0n) is 7.77. The molecule has 0 heterocycles. The van der Waals surface area contributed by atoms with Crippen molar-refractivity contribution >= 4 is 18.6 Å². The highest BCUT2D eigenvalue weighted by molar-refractivity contribution is 6.58. The number of aryl methyl sites for hydroxylation is 1. The van der Waals surface area contributed by atoms with Crippen molar-refractivity contribution < 1.29 is 19.9 Å². The maximum atomic E-state index is 10.8. The number of carbonyl (C=O) groups is 1. The molecule has 0 aliphatic carbocycles. The minimum atomic E-state index is -1.63. The Morgan fingerprint density at radius 1 is 1.43 bits per heavy atom. The Kier molecular flexibility index (Phi) is 3.27. The smallest absolute Gasteiger partial charge is 0.478 e. The zero-order valence-corrected chi connectivity index (χ0v) is 7.77. The molecule has 0 spiro atoms. The Hall–Kier alpha value is -1.33. The molecule has 1 rings (SSSR count). The van der Waals surface area contributed by atoms with Crippen LogP contribution in [0.4, 0.5) is 0 Å². The van der Waals surface area contributed by atoms with E-state index < -0.39 is 13.1 Å². The predicted octanol–water partition coefficient (Wildman–Crippen LogP) is -0.373. The molecule has 0 atom stereocenters. The van der Waals surface area contributed by atoms with Gasteiger partial charge in [0.2, 0.25) is 0 Å². The summed E-state index contributed by atoms with van der Waals surface area (Å²) < 4.78 is 0. The van der Waals surface area contributed by atoms with Crippen molar-refractivity contribution in [3.8, 4) is 0 Å². The van der Waals surface area contributed by atoms with Crippen LogP contribution < -0.4 is 5.46 Å². The Labute approximate surface area is 82.0 Å². The van der Waals surface area contributed by atoms with Crippen molar-refractivity contribution in [2.75, 3.05) is 0 Å². The Morgan fingerprint density at radius 3 is 2.50 bits per heavy atom. The molecule has 1 aromatic rings. The molecule has 4 nitrogen and oxygen atoms in total. The molecule has 5 heteroatoms. The van der Waals surface area contributed by atoms with Crippen molar-refractivity contribution in [1.82, 2.24) is 0 Å². The number of carboxylic acids is 1. The SMILES string of the molecule is CCc1ccc(B(O)O)cc1C(=O)O. The standard InChI is InChI=1S/C9H11BO4/c1-2-6-3-4-7(10(13)14)5-8(6)9(11)12/h3-5,13-14H,2H2,1H3,(H,11,12). The van der Waals surface area contributed by atoms with Gasteiger partial charge < -0.3 is 15.2 Å². The van der Waals surface area contributed by atoms with Crippen LogP contribution in [0.15, 0.2) is 18.2 Å². The maximum absolute atomic E-state index is 10.8. The van der Waals surface area contributed by atoms with E-state index in [2.05, 4.69) is 0 Å². The Morgan fingerprint density at radius 2 is 2.07 bits per heavy atom. The lowest BCUT2D eigenvalue weighted by atomic mass is 9.78. The molecular formula is C9H11BO4. The molecule has 0 aromatic heterocycles. The minimum absolute atomic E-state index is 0.123. The summed E-state index contributed by atoms with van der Waals surface area (Å²) in [5.41, 5.74) is 1.000. The monoisotopic (exact) mass is 194 g/mol. The maximum Gasteiger partial charge on any atom is 0.488 e. The van der Waals surface area contributed by atoms with Crippen LogP contribution in [-0.4, -0.2) is 28.2 Å². The molecule has 14 heavy (non-hydrogen) atoms. The predicted molar refractivity (Wildman–Crippen MR) is 52.6 cm³/mol. The van der Waals surface area contributed by atoms with Crippen LogP contribution in [0.5, 0.6) is 0 Å². The van der Waals surface area contributed by atoms with Gasteiger partial charge in [-0.25, -0.2) is 4.79 Å². The van der Waals surface area contributed by atoms with Crippen LogP contribution >= 0.6 is 0 Å². The van der Waals surface area contributed by atoms with E-state index in [9.17, 15) is 4.79 Å². The van der Waals surface area contributed by atoms with Crippen LogP contribution in [0.25, 0.3) is 0 Å². The highest BCUT2D eigenvalue weighted by Gasteiger charge is 2.15. The average molecular weight is 194 g/mol. The van der Waals surface area contributed by atoms with Crippen molar-refractivity contribution in [3.05, 3.63) is 29.3 Å². The normalized spacial score (nSPS) is 9.93. The van der Waals surface area contributed by atoms with E-state index >= 15 is 0 Å². The Bertz CT molecular complexity index is 349. The second kappa shape index (κ2) is 4.26. The zero-order chi connectivity index (χ0) is 10.7. The van der Waals surface area contributed by atoms with Gasteiger partial charge in [0.05, 0.1) is 5.56 Å². The molecule has 0 saturated heterocycles. The van der Waals surface area contributed by atoms with E-state index in [1.807, 2.05) is 6.92 Å². The first-order chi connectivity index (χ1) is 6.56. The van der Waals surface area contributed by atoms with Gasteiger partial charge >= 0.3 is 13.1 Å². The number of aromatic carboxylic acids is 1. The van der Waals surface area contributed by atoms with Gasteiger partial charge in [-0.15, -0.1) is 0 Å². The summed E-state index contributed by atoms with van der Waals surface area (Å²) in [6.45, 7) is 1.84. The molecule has 0 aliphatic rings. The lowest BCUT2D eigenvalue weighted by Gasteiger charge is -2.06. The van der Waals surface area contributed by atoms with Crippen molar-refractivity contribution in [2.45, 2.75) is 13.3 Å². The Balaban J connectivity index is 3.21. The number of carboxylic acid groups (broad SMARTS) is 1. The molecule has 74 valence electrons. The number of benzene rings is 1. The highest BCUT2D eigenvalue weighted by Crippen LogP contribution is 2.08. The largest absolute Gasteiger partial charge is 0.488 e. The molecule has 0 bridgehead atoms. The molecule has 3 N–H and O–H groups in total. The number of rotatable bonds is 3. The summed E-state index contributed by atoms with van der Waals surface area (Å²) in [4.78, 5) is 10.8. The lowest BCUT2D eigenvalue weighted by Crippen LogP contribution is -2.30. The second-order valence-corrected chi connectivity index (χ2v) is 2.95. The third-order valence-electron chi connectivity index (χ3n) is 2.04. The quantitative estimate of drug-likeness (QED) is 0.573. The van der Waals surface area contributed by atoms with Gasteiger partial charge in [-0.2, -0.15) is 0 Å². The van der Waals surface area contributed by atoms with E-state index in [1.165, 1.54) is 12.1 Å². The number of hydrogen-bond acceptors (Lipinski definition) is 3. The molecule has 1 aromatic carbocycles. The molecule has 0 saturated carbocycles. The summed E-state index contributed by atoms with van der Waals surface area (Å²) in [5.74, 6) is -1.05. The van der Waals surface area contributed by atoms with Crippen LogP contribution in [0.2, 0.25) is 0 Å². The summed E-state index contributed by atoms with van der Waals surface area (Å²) in [7, 11) is -1.63. The molecule has 0 unspecified atom stereocenters. The van der Waals surface area contributed by atoms with E-state index in [-0.39, 0.29) is 11.0 Å². The fourth-order valence-corrected chi connectivity index (χ4v) is 1.26. The van der Waals surface area contributed by atoms with Crippen molar-refractivity contribution in [1.29, 1.82) is 0 Å². The summed E-state index contributed by atoms with van der Waals surface area (Å²) in [6, 6.07) is 4.39. The van der Waals surface area contributed by atoms with Crippen molar-refractivity contribution in [3.63, 3.8) is 0 Å². The molecular weight excluding hydrogens is 183 g/mol. The lowest BCUT2D eigenvalue weighted by molar-refractivity contribution is 0.0696. The second-order valence-electron chi connectivity index (χ2n) is 2.95. The van der Waals surface area contributed by atoms with Gasteiger partial charge in [-0.3, -0.25) is 0 Å². The van der Waals surface area contributed by atoms with Crippen LogP contribution in [0, 0.1) is 0 Å². The number of hydrogen-bond donors (Lipinski definition) is 3. The van der Waals surface area contributed by atoms with Gasteiger partial charge in [0.15, 0.2) is 0 Å². The molecule has 0 aliphatic heterocycles. The molecule has 0 amide bonds. The average Bonchev–Trinajstić information content (AvgIpc) is 2.16. The minimum Gasteiger partial charge on any atom is -0.478 e. The van der Waals surface area contributed by atoms with Gasteiger partial charge in [-0.1, -0.05) is 19.1 Å². The van der Waals surface area contributed by atoms with Crippen LogP contribution in [0.3, 0.4) is 0 Å². The topological polar surface area (TPSA) is 77.8 Å². The van der Waals surface area contributed by atoms with Gasteiger partial charge in [0.1, 0.15) is 0 Å². The van der Waals surface area contributed by atoms with Crippen LogP contribution in [0.1, 0.15) is 22.8 Å². The first-order valence-electron chi connectivity index (χ1n) is 4.28. The van der Waals surface area contributed by atoms with Crippen molar-refractivity contribution in [2.24, 2.45) is 0 Å². The summed E-state index contributed by atoms with van der Waals surface area (Å²) in [6.07, 6.45) is 0.601. The van der Waals surface area contributed by atoms with E-state index in [0.29, 0.717) is 12.0 Å². The fourth-order valence-electron chi connectivity index (χ4n) is 1.26. The highest BCUT2D eigenvalue weighted by atomic mass is 16.4. The first kappa shape index (κ1) is 10.8. The van der Waals surface area contributed by atoms with Gasteiger partial charge in [-0.05, 0) is 23.5 Å². The van der Waals surface area contributed by atoms with Gasteiger partial charge in [0.25, 0.3) is 0 Å². The van der Waals surface area contributed by atoms with Gasteiger partial charge in [0, 0.05) is 0 Å². The fraction of sp³-hybridized carbons (Fsp3) is 0.222. The van der Waals surface area contributed by atoms with E-state index in [0.717, 1.165) is 0 Å². The van der Waals surface area contributed by atoms with E-state index in [1.54, 1.807) is 6.07 Å².